The fourth-order valence-electron chi connectivity index (χ4n) is 3.96. The summed E-state index contributed by atoms with van der Waals surface area (Å²) in [5.41, 5.74) is 1.68. The zero-order chi connectivity index (χ0) is 17.4. The number of rotatable bonds is 3. The number of nitrogens with one attached hydrogen (secondary N) is 1. The number of nitriles is 1. The molecule has 1 saturated carbocycles. The van der Waals surface area contributed by atoms with Crippen LogP contribution in [0.3, 0.4) is 0 Å². The minimum Gasteiger partial charge on any atom is -0.332 e. The number of aromatic nitrogens is 2. The van der Waals surface area contributed by atoms with Gasteiger partial charge in [-0.15, -0.1) is 0 Å². The highest BCUT2D eigenvalue weighted by atomic mass is 19.1. The van der Waals surface area contributed by atoms with Crippen LogP contribution >= 0.6 is 0 Å². The molecule has 2 aromatic rings. The van der Waals surface area contributed by atoms with Crippen LogP contribution in [-0.4, -0.2) is 21.2 Å². The highest BCUT2D eigenvalue weighted by Gasteiger charge is 2.37. The molecule has 0 atom stereocenters. The van der Waals surface area contributed by atoms with E-state index in [4.69, 9.17) is 0 Å². The van der Waals surface area contributed by atoms with Gasteiger partial charge in [-0.25, -0.2) is 9.07 Å². The van der Waals surface area contributed by atoms with Crippen molar-refractivity contribution in [3.63, 3.8) is 0 Å². The van der Waals surface area contributed by atoms with E-state index in [-0.39, 0.29) is 11.7 Å². The van der Waals surface area contributed by atoms with Crippen molar-refractivity contribution < 1.29 is 9.18 Å². The van der Waals surface area contributed by atoms with Crippen LogP contribution < -0.4 is 5.32 Å². The summed E-state index contributed by atoms with van der Waals surface area (Å²) in [7, 11) is 0. The number of benzene rings is 1. The first-order valence-electron chi connectivity index (χ1n) is 8.73. The molecule has 25 heavy (non-hydrogen) atoms. The molecule has 1 fully saturated rings. The lowest BCUT2D eigenvalue weighted by Gasteiger charge is -2.21. The SMILES string of the molecule is N#CC1(NC(=O)c2nn(-c3ccccc3F)c3c2CCC3)CCCC1. The Morgan fingerprint density at radius 3 is 2.72 bits per heavy atom. The highest BCUT2D eigenvalue weighted by Crippen LogP contribution is 2.31. The first-order valence-corrected chi connectivity index (χ1v) is 8.73. The Balaban J connectivity index is 1.72. The van der Waals surface area contributed by atoms with Crippen LogP contribution in [-0.2, 0) is 12.8 Å². The molecule has 1 amide bonds. The van der Waals surface area contributed by atoms with E-state index in [9.17, 15) is 14.4 Å². The van der Waals surface area contributed by atoms with Crippen LogP contribution in [0.2, 0.25) is 0 Å². The fraction of sp³-hybridized carbons (Fsp3) is 0.421. The van der Waals surface area contributed by atoms with Crippen LogP contribution in [0.15, 0.2) is 24.3 Å². The second kappa shape index (κ2) is 5.99. The van der Waals surface area contributed by atoms with Crippen LogP contribution in [0.25, 0.3) is 5.69 Å². The first-order chi connectivity index (χ1) is 12.1. The van der Waals surface area contributed by atoms with E-state index in [1.807, 2.05) is 0 Å². The van der Waals surface area contributed by atoms with Crippen molar-refractivity contribution in [1.82, 2.24) is 15.1 Å². The molecule has 0 radical (unpaired) electrons. The number of para-hydroxylation sites is 1. The van der Waals surface area contributed by atoms with Gasteiger partial charge >= 0.3 is 0 Å². The lowest BCUT2D eigenvalue weighted by Crippen LogP contribution is -2.45. The van der Waals surface area contributed by atoms with Gasteiger partial charge in [0.05, 0.1) is 6.07 Å². The minimum absolute atomic E-state index is 0.323. The number of amides is 1. The molecule has 1 heterocycles. The summed E-state index contributed by atoms with van der Waals surface area (Å²) >= 11 is 0. The lowest BCUT2D eigenvalue weighted by molar-refractivity contribution is 0.0914. The number of carbonyl (C=O) groups excluding carboxylic acids is 1. The van der Waals surface area contributed by atoms with Crippen molar-refractivity contribution in [2.45, 2.75) is 50.5 Å². The molecule has 0 saturated heterocycles. The summed E-state index contributed by atoms with van der Waals surface area (Å²) < 4.78 is 15.7. The predicted molar refractivity (Wildman–Crippen MR) is 89.8 cm³/mol. The topological polar surface area (TPSA) is 70.7 Å². The Hall–Kier alpha value is -2.68. The average Bonchev–Trinajstić information content (AvgIpc) is 3.32. The van der Waals surface area contributed by atoms with E-state index in [1.165, 1.54) is 6.07 Å². The summed E-state index contributed by atoms with van der Waals surface area (Å²) in [6.07, 6.45) is 5.67. The van der Waals surface area contributed by atoms with Crippen molar-refractivity contribution in [3.05, 3.63) is 47.0 Å². The van der Waals surface area contributed by atoms with Crippen molar-refractivity contribution in [2.75, 3.05) is 0 Å². The van der Waals surface area contributed by atoms with Crippen molar-refractivity contribution in [1.29, 1.82) is 5.26 Å². The van der Waals surface area contributed by atoms with Crippen LogP contribution in [0, 0.1) is 17.1 Å². The number of hydrogen-bond acceptors (Lipinski definition) is 3. The van der Waals surface area contributed by atoms with Gasteiger partial charge in [0.15, 0.2) is 5.69 Å². The van der Waals surface area contributed by atoms with Crippen molar-refractivity contribution in [2.24, 2.45) is 0 Å². The molecule has 5 nitrogen and oxygen atoms in total. The van der Waals surface area contributed by atoms with E-state index in [0.717, 1.165) is 43.4 Å². The third-order valence-electron chi connectivity index (χ3n) is 5.25. The molecule has 1 aromatic heterocycles. The Morgan fingerprint density at radius 2 is 2.00 bits per heavy atom. The summed E-state index contributed by atoms with van der Waals surface area (Å²) in [6, 6.07) is 8.71. The first kappa shape index (κ1) is 15.8. The third-order valence-corrected chi connectivity index (χ3v) is 5.25. The van der Waals surface area contributed by atoms with Crippen LogP contribution in [0.1, 0.15) is 53.8 Å². The Kier molecular flexibility index (Phi) is 3.79. The van der Waals surface area contributed by atoms with Gasteiger partial charge in [0.2, 0.25) is 0 Å². The lowest BCUT2D eigenvalue weighted by atomic mass is 9.99. The van der Waals surface area contributed by atoms with Gasteiger partial charge in [0, 0.05) is 11.3 Å². The van der Waals surface area contributed by atoms with Gasteiger partial charge in [0.25, 0.3) is 5.91 Å². The fourth-order valence-corrected chi connectivity index (χ4v) is 3.96. The highest BCUT2D eigenvalue weighted by molar-refractivity contribution is 5.95. The average molecular weight is 338 g/mol. The molecule has 4 rings (SSSR count). The quantitative estimate of drug-likeness (QED) is 0.935. The molecular formula is C19H19FN4O. The summed E-state index contributed by atoms with van der Waals surface area (Å²) in [5.74, 6) is -0.687. The Morgan fingerprint density at radius 1 is 1.24 bits per heavy atom. The van der Waals surface area contributed by atoms with E-state index in [2.05, 4.69) is 16.5 Å². The van der Waals surface area contributed by atoms with Gasteiger partial charge in [-0.2, -0.15) is 10.4 Å². The van der Waals surface area contributed by atoms with E-state index >= 15 is 0 Å². The van der Waals surface area contributed by atoms with E-state index in [0.29, 0.717) is 24.2 Å². The molecule has 0 bridgehead atoms. The Labute approximate surface area is 145 Å². The zero-order valence-corrected chi connectivity index (χ0v) is 13.9. The van der Waals surface area contributed by atoms with Crippen molar-refractivity contribution in [3.8, 4) is 11.8 Å². The van der Waals surface area contributed by atoms with Crippen LogP contribution in [0.4, 0.5) is 4.39 Å². The molecule has 128 valence electrons. The summed E-state index contributed by atoms with van der Waals surface area (Å²) in [5, 5.41) is 16.8. The normalized spacial score (nSPS) is 17.9. The maximum atomic E-state index is 14.2. The largest absolute Gasteiger partial charge is 0.332 e. The number of nitrogens with zero attached hydrogens (tertiary/aromatic N) is 3. The molecule has 6 heteroatoms. The number of halogens is 1. The smallest absolute Gasteiger partial charge is 0.273 e. The maximum Gasteiger partial charge on any atom is 0.273 e. The van der Waals surface area contributed by atoms with Gasteiger partial charge in [0.1, 0.15) is 17.0 Å². The van der Waals surface area contributed by atoms with Gasteiger partial charge in [-0.3, -0.25) is 4.79 Å². The molecule has 1 aromatic carbocycles. The van der Waals surface area contributed by atoms with Gasteiger partial charge in [-0.1, -0.05) is 12.1 Å². The number of carbonyl (C=O) groups is 1. The molecule has 1 N–H and O–H groups in total. The molecule has 0 unspecified atom stereocenters. The maximum absolute atomic E-state index is 14.2. The third kappa shape index (κ3) is 2.60. The molecule has 2 aliphatic rings. The van der Waals surface area contributed by atoms with Gasteiger partial charge < -0.3 is 5.32 Å². The molecular weight excluding hydrogens is 319 g/mol. The predicted octanol–water partition coefficient (Wildman–Crippen LogP) is 3.07. The zero-order valence-electron chi connectivity index (χ0n) is 13.9. The monoisotopic (exact) mass is 338 g/mol. The Bertz CT molecular complexity index is 874. The second-order valence-corrected chi connectivity index (χ2v) is 6.85. The summed E-state index contributed by atoms with van der Waals surface area (Å²) in [4.78, 5) is 12.8. The number of hydrogen-bond donors (Lipinski definition) is 1. The van der Waals surface area contributed by atoms with Crippen LogP contribution in [0.5, 0.6) is 0 Å². The molecule has 0 spiro atoms. The molecule has 0 aliphatic heterocycles. The van der Waals surface area contributed by atoms with Gasteiger partial charge in [-0.05, 0) is 57.1 Å². The standard InChI is InChI=1S/C19H19FN4O/c20-14-7-1-2-8-16(14)24-15-9-5-6-13(15)17(23-24)18(25)22-19(12-21)10-3-4-11-19/h1-2,7-8H,3-6,9-11H2,(H,22,25). The second-order valence-electron chi connectivity index (χ2n) is 6.85. The summed E-state index contributed by atoms with van der Waals surface area (Å²) in [6.45, 7) is 0. The molecule has 2 aliphatic carbocycles. The van der Waals surface area contributed by atoms with Crippen molar-refractivity contribution >= 4 is 5.91 Å². The van der Waals surface area contributed by atoms with E-state index in [1.54, 1.807) is 22.9 Å². The van der Waals surface area contributed by atoms with E-state index < -0.39 is 5.54 Å². The number of fused-ring (bicyclic) bond motifs is 1. The minimum atomic E-state index is -0.787.